The summed E-state index contributed by atoms with van der Waals surface area (Å²) < 4.78 is 1.75. The first-order chi connectivity index (χ1) is 8.66. The van der Waals surface area contributed by atoms with Crippen molar-refractivity contribution in [3.63, 3.8) is 0 Å². The van der Waals surface area contributed by atoms with Crippen LogP contribution < -0.4 is 0 Å². The fraction of sp³-hybridized carbons (Fsp3) is 0.143. The molecule has 4 heteroatoms. The van der Waals surface area contributed by atoms with E-state index in [-0.39, 0.29) is 5.78 Å². The van der Waals surface area contributed by atoms with Crippen LogP contribution in [0.1, 0.15) is 20.2 Å². The number of aryl methyl sites for hydroxylation is 2. The predicted molar refractivity (Wildman–Crippen MR) is 73.2 cm³/mol. The predicted octanol–water partition coefficient (Wildman–Crippen LogP) is 3.17. The zero-order valence-electron chi connectivity index (χ0n) is 10.2. The first-order valence-corrected chi connectivity index (χ1v) is 6.51. The van der Waals surface area contributed by atoms with Crippen molar-refractivity contribution in [3.05, 3.63) is 51.8 Å². The molecule has 18 heavy (non-hydrogen) atoms. The number of aromatic nitrogens is 2. The van der Waals surface area contributed by atoms with Crippen LogP contribution in [0.4, 0.5) is 0 Å². The molecule has 1 aromatic carbocycles. The highest BCUT2D eigenvalue weighted by atomic mass is 32.1. The second-order valence-corrected chi connectivity index (χ2v) is 5.52. The van der Waals surface area contributed by atoms with E-state index in [0.29, 0.717) is 5.69 Å². The maximum absolute atomic E-state index is 12.4. The quantitative estimate of drug-likeness (QED) is 0.660. The molecule has 0 N–H and O–H groups in total. The summed E-state index contributed by atoms with van der Waals surface area (Å²) in [5.74, 6) is 0.00454. The lowest BCUT2D eigenvalue weighted by Gasteiger charge is -1.93. The Morgan fingerprint density at radius 2 is 2.00 bits per heavy atom. The van der Waals surface area contributed by atoms with E-state index in [4.69, 9.17) is 0 Å². The zero-order chi connectivity index (χ0) is 12.7. The number of hydrogen-bond donors (Lipinski definition) is 0. The Morgan fingerprint density at radius 1 is 1.22 bits per heavy atom. The van der Waals surface area contributed by atoms with Gasteiger partial charge in [-0.2, -0.15) is 5.10 Å². The standard InChI is InChI=1S/C14H12N2OS/c1-9-7-8-12(18-9)14(17)13-10-5-3-4-6-11(10)16(2)15-13/h3-8H,1-2H3. The molecule has 0 unspecified atom stereocenters. The molecule has 0 aliphatic carbocycles. The van der Waals surface area contributed by atoms with Gasteiger partial charge in [0.15, 0.2) is 0 Å². The molecule has 0 atom stereocenters. The third kappa shape index (κ3) is 1.66. The number of benzene rings is 1. The first-order valence-electron chi connectivity index (χ1n) is 5.69. The van der Waals surface area contributed by atoms with Crippen LogP contribution in [0.15, 0.2) is 36.4 Å². The highest BCUT2D eigenvalue weighted by molar-refractivity contribution is 7.14. The van der Waals surface area contributed by atoms with Crippen molar-refractivity contribution in [3.8, 4) is 0 Å². The van der Waals surface area contributed by atoms with E-state index in [1.807, 2.05) is 50.4 Å². The fourth-order valence-electron chi connectivity index (χ4n) is 2.05. The molecule has 0 spiro atoms. The van der Waals surface area contributed by atoms with Crippen LogP contribution in [0.2, 0.25) is 0 Å². The van der Waals surface area contributed by atoms with E-state index in [2.05, 4.69) is 5.10 Å². The average Bonchev–Trinajstić information content (AvgIpc) is 2.94. The van der Waals surface area contributed by atoms with Gasteiger partial charge in [0.25, 0.3) is 0 Å². The maximum Gasteiger partial charge on any atom is 0.223 e. The number of carbonyl (C=O) groups excluding carboxylic acids is 1. The molecule has 0 amide bonds. The molecule has 0 bridgehead atoms. The molecule has 0 saturated carbocycles. The second kappa shape index (κ2) is 4.07. The smallest absolute Gasteiger partial charge is 0.223 e. The van der Waals surface area contributed by atoms with Crippen LogP contribution in [0.3, 0.4) is 0 Å². The summed E-state index contributed by atoms with van der Waals surface area (Å²) in [6, 6.07) is 11.6. The van der Waals surface area contributed by atoms with E-state index in [9.17, 15) is 4.79 Å². The minimum absolute atomic E-state index is 0.00454. The number of fused-ring (bicyclic) bond motifs is 1. The Bertz CT molecular complexity index is 739. The Balaban J connectivity index is 2.18. The number of para-hydroxylation sites is 1. The van der Waals surface area contributed by atoms with E-state index in [1.54, 1.807) is 4.68 Å². The molecule has 90 valence electrons. The summed E-state index contributed by atoms with van der Waals surface area (Å²) in [5, 5.41) is 5.26. The van der Waals surface area contributed by atoms with Crippen LogP contribution in [0.5, 0.6) is 0 Å². The highest BCUT2D eigenvalue weighted by Crippen LogP contribution is 2.23. The van der Waals surface area contributed by atoms with Crippen LogP contribution >= 0.6 is 11.3 Å². The number of rotatable bonds is 2. The highest BCUT2D eigenvalue weighted by Gasteiger charge is 2.18. The lowest BCUT2D eigenvalue weighted by molar-refractivity contribution is 0.103. The Labute approximate surface area is 109 Å². The second-order valence-electron chi connectivity index (χ2n) is 4.23. The lowest BCUT2D eigenvalue weighted by Crippen LogP contribution is -2.01. The van der Waals surface area contributed by atoms with E-state index in [0.717, 1.165) is 20.7 Å². The molecule has 3 aromatic rings. The maximum atomic E-state index is 12.4. The molecule has 2 heterocycles. The van der Waals surface area contributed by atoms with Crippen molar-refractivity contribution >= 4 is 28.0 Å². The summed E-state index contributed by atoms with van der Waals surface area (Å²) in [6.07, 6.45) is 0. The monoisotopic (exact) mass is 256 g/mol. The molecule has 2 aromatic heterocycles. The van der Waals surface area contributed by atoms with Gasteiger partial charge in [0.1, 0.15) is 5.69 Å². The van der Waals surface area contributed by atoms with Crippen LogP contribution in [0, 0.1) is 6.92 Å². The van der Waals surface area contributed by atoms with E-state index in [1.165, 1.54) is 11.3 Å². The molecule has 3 nitrogen and oxygen atoms in total. The number of ketones is 1. The van der Waals surface area contributed by atoms with Gasteiger partial charge >= 0.3 is 0 Å². The number of nitrogens with zero attached hydrogens (tertiary/aromatic N) is 2. The molecule has 0 fully saturated rings. The molecular weight excluding hydrogens is 244 g/mol. The zero-order valence-corrected chi connectivity index (χ0v) is 11.0. The molecule has 3 rings (SSSR count). The van der Waals surface area contributed by atoms with Gasteiger partial charge in [-0.15, -0.1) is 11.3 Å². The fourth-order valence-corrected chi connectivity index (χ4v) is 2.86. The largest absolute Gasteiger partial charge is 0.286 e. The van der Waals surface area contributed by atoms with E-state index >= 15 is 0 Å². The number of carbonyl (C=O) groups is 1. The van der Waals surface area contributed by atoms with Gasteiger partial charge in [-0.25, -0.2) is 0 Å². The van der Waals surface area contributed by atoms with Crippen molar-refractivity contribution in [2.75, 3.05) is 0 Å². The normalized spacial score (nSPS) is 11.0. The van der Waals surface area contributed by atoms with Gasteiger partial charge in [-0.3, -0.25) is 9.48 Å². The van der Waals surface area contributed by atoms with Crippen LogP contribution in [0.25, 0.3) is 10.9 Å². The van der Waals surface area contributed by atoms with Crippen molar-refractivity contribution in [2.24, 2.45) is 7.05 Å². The lowest BCUT2D eigenvalue weighted by atomic mass is 10.1. The number of thiophene rings is 1. The molecule has 0 aliphatic rings. The summed E-state index contributed by atoms with van der Waals surface area (Å²) in [7, 11) is 1.86. The van der Waals surface area contributed by atoms with Gasteiger partial charge in [0.2, 0.25) is 5.78 Å². The van der Waals surface area contributed by atoms with Crippen molar-refractivity contribution in [1.82, 2.24) is 9.78 Å². The van der Waals surface area contributed by atoms with Crippen LogP contribution in [-0.4, -0.2) is 15.6 Å². The Kier molecular flexibility index (Phi) is 2.52. The average molecular weight is 256 g/mol. The minimum Gasteiger partial charge on any atom is -0.286 e. The summed E-state index contributed by atoms with van der Waals surface area (Å²) in [6.45, 7) is 2.00. The van der Waals surface area contributed by atoms with Crippen molar-refractivity contribution < 1.29 is 4.79 Å². The Morgan fingerprint density at radius 3 is 2.72 bits per heavy atom. The third-order valence-electron chi connectivity index (χ3n) is 2.94. The molecular formula is C14H12N2OS. The summed E-state index contributed by atoms with van der Waals surface area (Å²) >= 11 is 1.51. The van der Waals surface area contributed by atoms with Crippen molar-refractivity contribution in [2.45, 2.75) is 6.92 Å². The minimum atomic E-state index is 0.00454. The molecule has 0 aliphatic heterocycles. The SMILES string of the molecule is Cc1ccc(C(=O)c2nn(C)c3ccccc23)s1. The van der Waals surface area contributed by atoms with Gasteiger partial charge in [-0.1, -0.05) is 18.2 Å². The Hall–Kier alpha value is -1.94. The van der Waals surface area contributed by atoms with Gasteiger partial charge in [0.05, 0.1) is 10.4 Å². The van der Waals surface area contributed by atoms with E-state index < -0.39 is 0 Å². The van der Waals surface area contributed by atoms with Crippen molar-refractivity contribution in [1.29, 1.82) is 0 Å². The van der Waals surface area contributed by atoms with Gasteiger partial charge < -0.3 is 0 Å². The summed E-state index contributed by atoms with van der Waals surface area (Å²) in [4.78, 5) is 14.3. The molecule has 0 radical (unpaired) electrons. The van der Waals surface area contributed by atoms with Crippen LogP contribution in [-0.2, 0) is 7.05 Å². The number of hydrogen-bond acceptors (Lipinski definition) is 3. The van der Waals surface area contributed by atoms with Gasteiger partial charge in [-0.05, 0) is 25.1 Å². The summed E-state index contributed by atoms with van der Waals surface area (Å²) in [5.41, 5.74) is 1.52. The first kappa shape index (κ1) is 11.2. The molecule has 0 saturated heterocycles. The third-order valence-corrected chi connectivity index (χ3v) is 3.94. The van der Waals surface area contributed by atoms with Gasteiger partial charge in [0, 0.05) is 17.3 Å². The topological polar surface area (TPSA) is 34.9 Å².